The summed E-state index contributed by atoms with van der Waals surface area (Å²) in [6.07, 6.45) is 3.49. The van der Waals surface area contributed by atoms with Gasteiger partial charge in [0.1, 0.15) is 0 Å². The van der Waals surface area contributed by atoms with Crippen LogP contribution < -0.4 is 4.31 Å². The van der Waals surface area contributed by atoms with Gasteiger partial charge in [-0.25, -0.2) is 21.1 Å². The molecule has 1 saturated heterocycles. The van der Waals surface area contributed by atoms with E-state index in [9.17, 15) is 16.8 Å². The van der Waals surface area contributed by atoms with Crippen molar-refractivity contribution in [3.05, 3.63) is 92.9 Å². The van der Waals surface area contributed by atoms with Crippen LogP contribution in [0.2, 0.25) is 15.1 Å². The number of sulfonamides is 2. The van der Waals surface area contributed by atoms with E-state index in [1.807, 2.05) is 30.3 Å². The van der Waals surface area contributed by atoms with Crippen LogP contribution in [0.5, 0.6) is 0 Å². The lowest BCUT2D eigenvalue weighted by Gasteiger charge is -2.41. The highest BCUT2D eigenvalue weighted by molar-refractivity contribution is 7.92. The molecular formula is C30H34Cl3N3O4S2. The summed E-state index contributed by atoms with van der Waals surface area (Å²) in [6, 6.07) is 19.7. The Bertz CT molecular complexity index is 1680. The van der Waals surface area contributed by atoms with Gasteiger partial charge in [-0.1, -0.05) is 65.1 Å². The predicted octanol–water partition coefficient (Wildman–Crippen LogP) is 6.25. The van der Waals surface area contributed by atoms with Gasteiger partial charge < -0.3 is 4.90 Å². The van der Waals surface area contributed by atoms with Gasteiger partial charge in [0.15, 0.2) is 0 Å². The molecule has 5 rings (SSSR count). The summed E-state index contributed by atoms with van der Waals surface area (Å²) in [5.74, 6) is -0.00536. The molecule has 3 aromatic rings. The number of hydrogen-bond acceptors (Lipinski definition) is 5. The van der Waals surface area contributed by atoms with Crippen LogP contribution in [0.3, 0.4) is 0 Å². The minimum atomic E-state index is -3.71. The SMILES string of the molecule is CN(CCC(CN1CCC2(CC1)CN(S(C)(=O)=O)c1ccccc12)c1ccc(Cl)c(Cl)c1)S(=O)(=O)c1cccc(Cl)c1. The van der Waals surface area contributed by atoms with E-state index in [0.29, 0.717) is 41.1 Å². The van der Waals surface area contributed by atoms with Crippen LogP contribution in [0.25, 0.3) is 0 Å². The third-order valence-electron chi connectivity index (χ3n) is 8.59. The number of nitrogens with zero attached hydrogens (tertiary/aromatic N) is 3. The fourth-order valence-electron chi connectivity index (χ4n) is 6.18. The van der Waals surface area contributed by atoms with Gasteiger partial charge in [-0.3, -0.25) is 4.31 Å². The molecule has 226 valence electrons. The third-order valence-corrected chi connectivity index (χ3v) is 12.5. The maximum absolute atomic E-state index is 13.2. The van der Waals surface area contributed by atoms with E-state index >= 15 is 0 Å². The van der Waals surface area contributed by atoms with E-state index in [0.717, 1.165) is 42.7 Å². The Kier molecular flexibility index (Phi) is 9.22. The molecule has 2 aliphatic rings. The largest absolute Gasteiger partial charge is 0.303 e. The number of hydrogen-bond donors (Lipinski definition) is 0. The minimum absolute atomic E-state index is 0.00536. The topological polar surface area (TPSA) is 78.0 Å². The molecule has 1 fully saturated rings. The predicted molar refractivity (Wildman–Crippen MR) is 171 cm³/mol. The Labute approximate surface area is 264 Å². The lowest BCUT2D eigenvalue weighted by Crippen LogP contribution is -2.47. The Morgan fingerprint density at radius 1 is 0.905 bits per heavy atom. The normalized spacial score (nSPS) is 18.0. The van der Waals surface area contributed by atoms with Crippen molar-refractivity contribution in [2.45, 2.75) is 35.5 Å². The molecule has 1 unspecified atom stereocenters. The van der Waals surface area contributed by atoms with Crippen molar-refractivity contribution < 1.29 is 16.8 Å². The summed E-state index contributed by atoms with van der Waals surface area (Å²) in [5, 5.41) is 1.29. The zero-order valence-corrected chi connectivity index (χ0v) is 27.4. The highest BCUT2D eigenvalue weighted by Crippen LogP contribution is 2.48. The summed E-state index contributed by atoms with van der Waals surface area (Å²) >= 11 is 18.7. The quantitative estimate of drug-likeness (QED) is 0.269. The molecule has 7 nitrogen and oxygen atoms in total. The fraction of sp³-hybridized carbons (Fsp3) is 0.400. The first-order chi connectivity index (χ1) is 19.8. The monoisotopic (exact) mass is 669 g/mol. The van der Waals surface area contributed by atoms with Crippen LogP contribution in [-0.4, -0.2) is 72.1 Å². The van der Waals surface area contributed by atoms with Crippen LogP contribution >= 0.6 is 34.8 Å². The summed E-state index contributed by atoms with van der Waals surface area (Å²) in [5.41, 5.74) is 2.66. The number of likely N-dealkylation sites (tertiary alicyclic amines) is 1. The Morgan fingerprint density at radius 2 is 1.62 bits per heavy atom. The number of piperidine rings is 1. The molecule has 1 atom stereocenters. The number of halogens is 3. The number of benzene rings is 3. The standard InChI is InChI=1S/C30H34Cl3N3O4S2/c1-34(42(39,40)25-7-5-6-24(31)19-25)15-12-23(22-10-11-27(32)28(33)18-22)20-35-16-13-30(14-17-35)21-36(41(2,37)38)29-9-4-3-8-26(29)30/h3-11,18-19,23H,12-17,20-21H2,1-2H3. The molecule has 0 amide bonds. The Balaban J connectivity index is 1.32. The van der Waals surface area contributed by atoms with Gasteiger partial charge in [-0.15, -0.1) is 0 Å². The molecule has 0 bridgehead atoms. The van der Waals surface area contributed by atoms with Gasteiger partial charge in [0, 0.05) is 37.1 Å². The molecule has 0 radical (unpaired) electrons. The maximum atomic E-state index is 13.2. The summed E-state index contributed by atoms with van der Waals surface area (Å²) in [7, 11) is -5.51. The van der Waals surface area contributed by atoms with Gasteiger partial charge >= 0.3 is 0 Å². The number of anilines is 1. The Hall–Kier alpha value is -1.85. The van der Waals surface area contributed by atoms with Crippen LogP contribution in [-0.2, 0) is 25.5 Å². The maximum Gasteiger partial charge on any atom is 0.242 e. The van der Waals surface area contributed by atoms with Gasteiger partial charge in [-0.05, 0) is 85.8 Å². The average Bonchev–Trinajstić information content (AvgIpc) is 3.28. The van der Waals surface area contributed by atoms with E-state index in [4.69, 9.17) is 34.8 Å². The number of para-hydroxylation sites is 1. The molecule has 3 aromatic carbocycles. The lowest BCUT2D eigenvalue weighted by molar-refractivity contribution is 0.157. The van der Waals surface area contributed by atoms with Gasteiger partial charge in [-0.2, -0.15) is 0 Å². The Morgan fingerprint density at radius 3 is 2.29 bits per heavy atom. The van der Waals surface area contributed by atoms with E-state index in [-0.39, 0.29) is 16.2 Å². The van der Waals surface area contributed by atoms with Crippen molar-refractivity contribution in [1.82, 2.24) is 9.21 Å². The number of rotatable bonds is 9. The van der Waals surface area contributed by atoms with Crippen molar-refractivity contribution in [3.63, 3.8) is 0 Å². The fourth-order valence-corrected chi connectivity index (χ4v) is 8.97. The van der Waals surface area contributed by atoms with Crippen LogP contribution in [0.1, 0.15) is 36.3 Å². The van der Waals surface area contributed by atoms with Gasteiger partial charge in [0.2, 0.25) is 20.0 Å². The van der Waals surface area contributed by atoms with Crippen molar-refractivity contribution in [1.29, 1.82) is 0 Å². The zero-order valence-electron chi connectivity index (χ0n) is 23.5. The van der Waals surface area contributed by atoms with Crippen LogP contribution in [0.4, 0.5) is 5.69 Å². The van der Waals surface area contributed by atoms with Crippen molar-refractivity contribution in [2.75, 3.05) is 50.3 Å². The second-order valence-electron chi connectivity index (χ2n) is 11.3. The van der Waals surface area contributed by atoms with Gasteiger partial charge in [0.05, 0.1) is 26.9 Å². The highest BCUT2D eigenvalue weighted by atomic mass is 35.5. The smallest absolute Gasteiger partial charge is 0.242 e. The molecule has 0 N–H and O–H groups in total. The summed E-state index contributed by atoms with van der Waals surface area (Å²) in [6.45, 7) is 3.05. The molecule has 42 heavy (non-hydrogen) atoms. The first-order valence-corrected chi connectivity index (χ1v) is 18.2. The summed E-state index contributed by atoms with van der Waals surface area (Å²) in [4.78, 5) is 2.54. The minimum Gasteiger partial charge on any atom is -0.303 e. The van der Waals surface area contributed by atoms with Crippen molar-refractivity contribution >= 4 is 60.5 Å². The molecular weight excluding hydrogens is 637 g/mol. The van der Waals surface area contributed by atoms with Gasteiger partial charge in [0.25, 0.3) is 0 Å². The molecule has 12 heteroatoms. The highest BCUT2D eigenvalue weighted by Gasteiger charge is 2.47. The molecule has 0 aromatic heterocycles. The summed E-state index contributed by atoms with van der Waals surface area (Å²) < 4.78 is 54.6. The molecule has 2 heterocycles. The zero-order chi connectivity index (χ0) is 30.3. The first-order valence-electron chi connectivity index (χ1n) is 13.8. The lowest BCUT2D eigenvalue weighted by atomic mass is 9.74. The average molecular weight is 671 g/mol. The molecule has 2 aliphatic heterocycles. The number of fused-ring (bicyclic) bond motifs is 2. The molecule has 0 aliphatic carbocycles. The van der Waals surface area contributed by atoms with Crippen molar-refractivity contribution in [3.8, 4) is 0 Å². The first kappa shape index (κ1) is 31.6. The molecule has 1 spiro atoms. The second-order valence-corrected chi connectivity index (χ2v) is 16.5. The van der Waals surface area contributed by atoms with Crippen LogP contribution in [0.15, 0.2) is 71.6 Å². The van der Waals surface area contributed by atoms with Crippen LogP contribution in [0, 0.1) is 0 Å². The van der Waals surface area contributed by atoms with E-state index in [1.54, 1.807) is 35.6 Å². The van der Waals surface area contributed by atoms with E-state index in [1.165, 1.54) is 16.6 Å². The van der Waals surface area contributed by atoms with Crippen molar-refractivity contribution in [2.24, 2.45) is 0 Å². The van der Waals surface area contributed by atoms with E-state index in [2.05, 4.69) is 11.0 Å². The second kappa shape index (κ2) is 12.3. The molecule has 0 saturated carbocycles. The third kappa shape index (κ3) is 6.48. The van der Waals surface area contributed by atoms with E-state index < -0.39 is 20.0 Å².